The molecule has 0 spiro atoms. The molecule has 2 aromatic rings. The molecule has 174 valence electrons. The summed E-state index contributed by atoms with van der Waals surface area (Å²) in [5.41, 5.74) is 2.29. The van der Waals surface area contributed by atoms with Crippen molar-refractivity contribution in [1.29, 1.82) is 0 Å². The molecule has 4 rings (SSSR count). The van der Waals surface area contributed by atoms with E-state index in [4.69, 9.17) is 44.9 Å². The summed E-state index contributed by atoms with van der Waals surface area (Å²) >= 11 is 17.7. The van der Waals surface area contributed by atoms with E-state index >= 15 is 0 Å². The minimum atomic E-state index is -0.0340. The summed E-state index contributed by atoms with van der Waals surface area (Å²) in [7, 11) is 3.44. The predicted octanol–water partition coefficient (Wildman–Crippen LogP) is 6.31. The van der Waals surface area contributed by atoms with Gasteiger partial charge in [-0.15, -0.1) is 0 Å². The number of amides is 1. The molecule has 1 aliphatic heterocycles. The fourth-order valence-corrected chi connectivity index (χ4v) is 4.93. The highest BCUT2D eigenvalue weighted by Crippen LogP contribution is 2.33. The van der Waals surface area contributed by atoms with Gasteiger partial charge in [0.25, 0.3) is 5.91 Å². The number of rotatable bonds is 6. The number of benzene rings is 2. The number of likely N-dealkylation sites (N-methyl/N-ethyl adjacent to an activating group) is 1. The van der Waals surface area contributed by atoms with Gasteiger partial charge in [0.2, 0.25) is 0 Å². The van der Waals surface area contributed by atoms with E-state index in [2.05, 4.69) is 0 Å². The second-order valence-corrected chi connectivity index (χ2v) is 9.47. The number of nitrogens with zero attached hydrogens (tertiary/aromatic N) is 2. The van der Waals surface area contributed by atoms with Gasteiger partial charge < -0.3 is 14.4 Å². The zero-order chi connectivity index (χ0) is 23.5. The van der Waals surface area contributed by atoms with E-state index in [9.17, 15) is 4.79 Å². The topological polar surface area (TPSA) is 42.0 Å². The van der Waals surface area contributed by atoms with Crippen LogP contribution in [-0.2, 0) is 11.4 Å². The first-order chi connectivity index (χ1) is 15.9. The standard InChI is InChI=1S/C25H26Cl2N2O3S/c1-28-21(24(30)29(25(28)33)18-6-4-3-5-7-18)13-16-9-11-22(23(14-16)31-2)32-15-17-8-10-19(26)20(27)12-17/h8-14,18H,3-7,15H2,1-2H3/b21-13-. The van der Waals surface area contributed by atoms with Crippen molar-refractivity contribution in [3.63, 3.8) is 0 Å². The number of thiocarbonyl (C=S) groups is 1. The molecule has 5 nitrogen and oxygen atoms in total. The first-order valence-corrected chi connectivity index (χ1v) is 12.1. The van der Waals surface area contributed by atoms with E-state index in [1.807, 2.05) is 37.4 Å². The molecule has 0 radical (unpaired) electrons. The Kier molecular flexibility index (Phi) is 7.47. The normalized spacial score (nSPS) is 18.4. The minimum absolute atomic E-state index is 0.0340. The van der Waals surface area contributed by atoms with Gasteiger partial charge in [-0.05, 0) is 66.5 Å². The molecular weight excluding hydrogens is 479 g/mol. The van der Waals surface area contributed by atoms with Crippen LogP contribution in [0.3, 0.4) is 0 Å². The molecule has 0 aromatic heterocycles. The van der Waals surface area contributed by atoms with Crippen LogP contribution in [0, 0.1) is 0 Å². The van der Waals surface area contributed by atoms with Crippen molar-refractivity contribution in [2.75, 3.05) is 14.2 Å². The summed E-state index contributed by atoms with van der Waals surface area (Å²) in [6.07, 6.45) is 7.37. The molecule has 2 fully saturated rings. The van der Waals surface area contributed by atoms with Crippen molar-refractivity contribution in [3.05, 3.63) is 63.3 Å². The quantitative estimate of drug-likeness (QED) is 0.340. The number of methoxy groups -OCH3 is 1. The first kappa shape index (κ1) is 23.9. The zero-order valence-electron chi connectivity index (χ0n) is 18.6. The van der Waals surface area contributed by atoms with Gasteiger partial charge in [0.1, 0.15) is 12.3 Å². The summed E-state index contributed by atoms with van der Waals surface area (Å²) in [4.78, 5) is 16.8. The van der Waals surface area contributed by atoms with Crippen LogP contribution in [0.1, 0.15) is 43.2 Å². The number of carbonyl (C=O) groups is 1. The molecule has 33 heavy (non-hydrogen) atoms. The van der Waals surface area contributed by atoms with Gasteiger partial charge in [-0.2, -0.15) is 0 Å². The number of hydrogen-bond donors (Lipinski definition) is 0. The molecule has 0 N–H and O–H groups in total. The fourth-order valence-electron chi connectivity index (χ4n) is 4.28. The van der Waals surface area contributed by atoms with E-state index in [1.165, 1.54) is 6.42 Å². The van der Waals surface area contributed by atoms with Crippen LogP contribution in [0.5, 0.6) is 11.5 Å². The fraction of sp³-hybridized carbons (Fsp3) is 0.360. The molecular formula is C25H26Cl2N2O3S. The third kappa shape index (κ3) is 5.13. The second kappa shape index (κ2) is 10.3. The van der Waals surface area contributed by atoms with E-state index in [0.717, 1.165) is 36.8 Å². The van der Waals surface area contributed by atoms with Gasteiger partial charge in [-0.25, -0.2) is 0 Å². The van der Waals surface area contributed by atoms with E-state index in [-0.39, 0.29) is 11.9 Å². The molecule has 1 heterocycles. The predicted molar refractivity (Wildman–Crippen MR) is 136 cm³/mol. The van der Waals surface area contributed by atoms with Crippen LogP contribution in [0.4, 0.5) is 0 Å². The van der Waals surface area contributed by atoms with Crippen molar-refractivity contribution in [2.45, 2.75) is 44.8 Å². The molecule has 0 atom stereocenters. The Hall–Kier alpha value is -2.28. The van der Waals surface area contributed by atoms with Crippen molar-refractivity contribution >= 4 is 52.5 Å². The van der Waals surface area contributed by atoms with Gasteiger partial charge in [-0.1, -0.05) is 54.6 Å². The molecule has 0 unspecified atom stereocenters. The Morgan fingerprint density at radius 1 is 1.06 bits per heavy atom. The summed E-state index contributed by atoms with van der Waals surface area (Å²) in [5, 5.41) is 1.56. The van der Waals surface area contributed by atoms with Crippen LogP contribution >= 0.6 is 35.4 Å². The molecule has 1 saturated heterocycles. The summed E-state index contributed by atoms with van der Waals surface area (Å²) < 4.78 is 11.5. The molecule has 1 saturated carbocycles. The van der Waals surface area contributed by atoms with Gasteiger partial charge >= 0.3 is 0 Å². The molecule has 0 bridgehead atoms. The lowest BCUT2D eigenvalue weighted by molar-refractivity contribution is -0.124. The summed E-state index contributed by atoms with van der Waals surface area (Å²) in [5.74, 6) is 1.13. The number of carbonyl (C=O) groups excluding carboxylic acids is 1. The van der Waals surface area contributed by atoms with Crippen molar-refractivity contribution in [1.82, 2.24) is 9.80 Å². The van der Waals surface area contributed by atoms with Crippen molar-refractivity contribution in [3.8, 4) is 11.5 Å². The van der Waals surface area contributed by atoms with Gasteiger partial charge in [0, 0.05) is 13.1 Å². The second-order valence-electron chi connectivity index (χ2n) is 8.29. The van der Waals surface area contributed by atoms with Crippen LogP contribution in [0.2, 0.25) is 10.0 Å². The molecule has 1 amide bonds. The Bertz CT molecular complexity index is 1100. The van der Waals surface area contributed by atoms with E-state index < -0.39 is 0 Å². The van der Waals surface area contributed by atoms with Crippen molar-refractivity contribution < 1.29 is 14.3 Å². The average Bonchev–Trinajstić information content (AvgIpc) is 3.03. The zero-order valence-corrected chi connectivity index (χ0v) is 21.0. The summed E-state index contributed by atoms with van der Waals surface area (Å²) in [6, 6.07) is 11.2. The molecule has 2 aliphatic rings. The highest BCUT2D eigenvalue weighted by molar-refractivity contribution is 7.80. The van der Waals surface area contributed by atoms with Gasteiger partial charge in [-0.3, -0.25) is 9.69 Å². The van der Waals surface area contributed by atoms with Crippen molar-refractivity contribution in [2.24, 2.45) is 0 Å². The van der Waals surface area contributed by atoms with Crippen LogP contribution in [0.25, 0.3) is 6.08 Å². The lowest BCUT2D eigenvalue weighted by atomic mass is 9.94. The van der Waals surface area contributed by atoms with Gasteiger partial charge in [0.15, 0.2) is 16.6 Å². The lowest BCUT2D eigenvalue weighted by Crippen LogP contribution is -2.41. The minimum Gasteiger partial charge on any atom is -0.493 e. The maximum Gasteiger partial charge on any atom is 0.277 e. The monoisotopic (exact) mass is 504 g/mol. The lowest BCUT2D eigenvalue weighted by Gasteiger charge is -2.30. The maximum atomic E-state index is 13.2. The molecule has 1 aliphatic carbocycles. The smallest absolute Gasteiger partial charge is 0.277 e. The first-order valence-electron chi connectivity index (χ1n) is 11.0. The Morgan fingerprint density at radius 2 is 1.82 bits per heavy atom. The third-order valence-electron chi connectivity index (χ3n) is 6.10. The largest absolute Gasteiger partial charge is 0.493 e. The number of hydrogen-bond acceptors (Lipinski definition) is 4. The number of ether oxygens (including phenoxy) is 2. The average molecular weight is 505 g/mol. The van der Waals surface area contributed by atoms with Crippen LogP contribution < -0.4 is 9.47 Å². The SMILES string of the molecule is COc1cc(/C=C2/C(=O)N(C3CCCCC3)C(=S)N2C)ccc1OCc1ccc(Cl)c(Cl)c1. The molecule has 2 aromatic carbocycles. The van der Waals surface area contributed by atoms with E-state index in [0.29, 0.717) is 39.0 Å². The van der Waals surface area contributed by atoms with Crippen LogP contribution in [0.15, 0.2) is 42.1 Å². The maximum absolute atomic E-state index is 13.2. The molecule has 8 heteroatoms. The Morgan fingerprint density at radius 3 is 2.52 bits per heavy atom. The summed E-state index contributed by atoms with van der Waals surface area (Å²) in [6.45, 7) is 0.319. The Labute approximate surface area is 209 Å². The Balaban J connectivity index is 1.52. The van der Waals surface area contributed by atoms with Gasteiger partial charge in [0.05, 0.1) is 17.2 Å². The highest BCUT2D eigenvalue weighted by atomic mass is 35.5. The van der Waals surface area contributed by atoms with E-state index in [1.54, 1.807) is 29.0 Å². The van der Waals surface area contributed by atoms with Crippen LogP contribution in [-0.4, -0.2) is 41.0 Å². The number of halogens is 2. The highest BCUT2D eigenvalue weighted by Gasteiger charge is 2.40. The third-order valence-corrected chi connectivity index (χ3v) is 7.31.